The van der Waals surface area contributed by atoms with Crippen LogP contribution in [0, 0.1) is 0 Å². The number of hydrogen-bond donors (Lipinski definition) is 0. The zero-order chi connectivity index (χ0) is 10.9. The molecule has 15 heavy (non-hydrogen) atoms. The molecule has 1 fully saturated rings. The minimum atomic E-state index is 0.825. The summed E-state index contributed by atoms with van der Waals surface area (Å²) in [6.07, 6.45) is 1.26. The molecular weight excluding hydrogens is 208 g/mol. The minimum absolute atomic E-state index is 0.825. The van der Waals surface area contributed by atoms with E-state index in [0.717, 1.165) is 25.0 Å². The first-order valence-electron chi connectivity index (χ1n) is 5.97. The van der Waals surface area contributed by atoms with Crippen LogP contribution in [0.15, 0.2) is 0 Å². The average Bonchev–Trinajstić information content (AvgIpc) is 2.53. The molecule has 0 spiro atoms. The van der Waals surface area contributed by atoms with Crippen molar-refractivity contribution in [2.75, 3.05) is 51.1 Å². The van der Waals surface area contributed by atoms with Crippen LogP contribution in [0.2, 0.25) is 0 Å². The lowest BCUT2D eigenvalue weighted by Crippen LogP contribution is -2.30. The van der Waals surface area contributed by atoms with Gasteiger partial charge in [-0.1, -0.05) is 13.8 Å². The molecule has 90 valence electrons. The van der Waals surface area contributed by atoms with Gasteiger partial charge >= 0.3 is 0 Å². The first-order chi connectivity index (χ1) is 7.36. The molecule has 0 radical (unpaired) electrons. The molecule has 0 aromatic carbocycles. The van der Waals surface area contributed by atoms with E-state index in [1.165, 1.54) is 32.6 Å². The summed E-state index contributed by atoms with van der Waals surface area (Å²) in [7, 11) is 0. The maximum Gasteiger partial charge on any atom is 0.0997 e. The second-order valence-corrected chi connectivity index (χ2v) is 4.92. The number of rotatable bonds is 6. The summed E-state index contributed by atoms with van der Waals surface area (Å²) in [5, 5.41) is 0. The van der Waals surface area contributed by atoms with Crippen LogP contribution in [0.5, 0.6) is 0 Å². The lowest BCUT2D eigenvalue weighted by atomic mass is 10.3. The Bertz CT molecular complexity index is 146. The predicted octanol–water partition coefficient (Wildman–Crippen LogP) is 1.70. The fourth-order valence-electron chi connectivity index (χ4n) is 1.73. The first-order valence-corrected chi connectivity index (χ1v) is 7.12. The van der Waals surface area contributed by atoms with Crippen LogP contribution in [-0.4, -0.2) is 60.9 Å². The summed E-state index contributed by atoms with van der Waals surface area (Å²) < 4.78 is 5.51. The van der Waals surface area contributed by atoms with Crippen molar-refractivity contribution in [1.82, 2.24) is 9.80 Å². The predicted molar refractivity (Wildman–Crippen MR) is 67.3 cm³/mol. The van der Waals surface area contributed by atoms with Crippen molar-refractivity contribution in [3.8, 4) is 0 Å². The molecule has 0 atom stereocenters. The third-order valence-electron chi connectivity index (χ3n) is 2.76. The second-order valence-electron chi connectivity index (χ2n) is 3.85. The largest absolute Gasteiger partial charge is 0.365 e. The van der Waals surface area contributed by atoms with Gasteiger partial charge in [0.1, 0.15) is 0 Å². The Morgan fingerprint density at radius 2 is 2.13 bits per heavy atom. The molecule has 0 saturated carbocycles. The lowest BCUT2D eigenvalue weighted by molar-refractivity contribution is 0.0516. The van der Waals surface area contributed by atoms with Gasteiger partial charge in [0, 0.05) is 18.2 Å². The lowest BCUT2D eigenvalue weighted by Gasteiger charge is -2.22. The quantitative estimate of drug-likeness (QED) is 0.692. The molecule has 0 N–H and O–H groups in total. The van der Waals surface area contributed by atoms with Crippen LogP contribution >= 0.6 is 11.8 Å². The van der Waals surface area contributed by atoms with Gasteiger partial charge in [-0.05, 0) is 26.1 Å². The van der Waals surface area contributed by atoms with Crippen molar-refractivity contribution in [3.63, 3.8) is 0 Å². The highest BCUT2D eigenvalue weighted by molar-refractivity contribution is 7.99. The van der Waals surface area contributed by atoms with Crippen LogP contribution in [0.25, 0.3) is 0 Å². The summed E-state index contributed by atoms with van der Waals surface area (Å²) in [5.41, 5.74) is 0. The molecular formula is C11H24N2OS. The number of ether oxygens (including phenoxy) is 1. The highest BCUT2D eigenvalue weighted by atomic mass is 32.2. The van der Waals surface area contributed by atoms with Crippen molar-refractivity contribution in [2.45, 2.75) is 20.3 Å². The Balaban J connectivity index is 2.07. The molecule has 1 rings (SSSR count). The molecule has 1 aliphatic rings. The highest BCUT2D eigenvalue weighted by Gasteiger charge is 2.09. The minimum Gasteiger partial charge on any atom is -0.365 e. The van der Waals surface area contributed by atoms with Crippen LogP contribution in [0.1, 0.15) is 20.3 Å². The molecule has 1 heterocycles. The van der Waals surface area contributed by atoms with Crippen molar-refractivity contribution in [3.05, 3.63) is 0 Å². The molecule has 1 saturated heterocycles. The van der Waals surface area contributed by atoms with Gasteiger partial charge in [-0.2, -0.15) is 0 Å². The summed E-state index contributed by atoms with van der Waals surface area (Å²) in [4.78, 5) is 4.88. The van der Waals surface area contributed by atoms with Gasteiger partial charge in [-0.3, -0.25) is 4.90 Å². The van der Waals surface area contributed by atoms with E-state index >= 15 is 0 Å². The summed E-state index contributed by atoms with van der Waals surface area (Å²) in [6, 6.07) is 0. The fraction of sp³-hybridized carbons (Fsp3) is 1.00. The zero-order valence-electron chi connectivity index (χ0n) is 10.1. The van der Waals surface area contributed by atoms with E-state index in [4.69, 9.17) is 4.74 Å². The Morgan fingerprint density at radius 3 is 2.87 bits per heavy atom. The third kappa shape index (κ3) is 5.76. The van der Waals surface area contributed by atoms with Gasteiger partial charge in [0.25, 0.3) is 0 Å². The third-order valence-corrected chi connectivity index (χ3v) is 3.77. The van der Waals surface area contributed by atoms with Gasteiger partial charge in [0.05, 0.1) is 13.3 Å². The van der Waals surface area contributed by atoms with Crippen molar-refractivity contribution < 1.29 is 4.74 Å². The molecule has 0 aliphatic carbocycles. The molecule has 0 bridgehead atoms. The van der Waals surface area contributed by atoms with Crippen LogP contribution in [-0.2, 0) is 4.74 Å². The summed E-state index contributed by atoms with van der Waals surface area (Å²) in [6.45, 7) is 10.9. The normalized spacial score (nSPS) is 19.4. The first kappa shape index (κ1) is 13.3. The zero-order valence-corrected chi connectivity index (χ0v) is 10.9. The fourth-order valence-corrected chi connectivity index (χ4v) is 2.56. The number of nitrogens with zero attached hydrogens (tertiary/aromatic N) is 2. The SMILES string of the molecule is CCN(CC)CCCN1COCCSC1. The number of thioether (sulfide) groups is 1. The van der Waals surface area contributed by atoms with Gasteiger partial charge in [0.2, 0.25) is 0 Å². The monoisotopic (exact) mass is 232 g/mol. The number of hydrogen-bond acceptors (Lipinski definition) is 4. The van der Waals surface area contributed by atoms with Crippen LogP contribution in [0.4, 0.5) is 0 Å². The van der Waals surface area contributed by atoms with Crippen LogP contribution in [0.3, 0.4) is 0 Å². The summed E-state index contributed by atoms with van der Waals surface area (Å²) >= 11 is 1.98. The van der Waals surface area contributed by atoms with Crippen molar-refractivity contribution >= 4 is 11.8 Å². The standard InChI is InChI=1S/C11H24N2OS/c1-3-12(4-2)6-5-7-13-10-14-8-9-15-11-13/h3-11H2,1-2H3. The highest BCUT2D eigenvalue weighted by Crippen LogP contribution is 2.09. The van der Waals surface area contributed by atoms with Gasteiger partial charge in [-0.15, -0.1) is 11.8 Å². The maximum absolute atomic E-state index is 5.51. The Hall–Kier alpha value is 0.230. The Kier molecular flexibility index (Phi) is 7.44. The Labute approximate surface area is 98.1 Å². The van der Waals surface area contributed by atoms with E-state index in [0.29, 0.717) is 0 Å². The van der Waals surface area contributed by atoms with Gasteiger partial charge in [0.15, 0.2) is 0 Å². The van der Waals surface area contributed by atoms with E-state index < -0.39 is 0 Å². The maximum atomic E-state index is 5.51. The molecule has 0 unspecified atom stereocenters. The molecule has 0 aromatic rings. The average molecular weight is 232 g/mol. The van der Waals surface area contributed by atoms with Crippen LogP contribution < -0.4 is 0 Å². The van der Waals surface area contributed by atoms with E-state index in [1.54, 1.807) is 0 Å². The van der Waals surface area contributed by atoms with Gasteiger partial charge < -0.3 is 9.64 Å². The summed E-state index contributed by atoms with van der Waals surface area (Å²) in [5.74, 6) is 2.28. The van der Waals surface area contributed by atoms with Crippen molar-refractivity contribution in [1.29, 1.82) is 0 Å². The molecule has 0 aromatic heterocycles. The molecule has 4 heteroatoms. The van der Waals surface area contributed by atoms with E-state index in [-0.39, 0.29) is 0 Å². The molecule has 0 amide bonds. The van der Waals surface area contributed by atoms with E-state index in [9.17, 15) is 0 Å². The molecule has 1 aliphatic heterocycles. The topological polar surface area (TPSA) is 15.7 Å². The molecule has 3 nitrogen and oxygen atoms in total. The van der Waals surface area contributed by atoms with E-state index in [2.05, 4.69) is 23.6 Å². The Morgan fingerprint density at radius 1 is 1.33 bits per heavy atom. The van der Waals surface area contributed by atoms with Crippen molar-refractivity contribution in [2.24, 2.45) is 0 Å². The second kappa shape index (κ2) is 8.39. The van der Waals surface area contributed by atoms with Gasteiger partial charge in [-0.25, -0.2) is 0 Å². The smallest absolute Gasteiger partial charge is 0.0997 e. The van der Waals surface area contributed by atoms with E-state index in [1.807, 2.05) is 11.8 Å².